The molecule has 0 aromatic carbocycles. The van der Waals surface area contributed by atoms with Gasteiger partial charge < -0.3 is 10.6 Å². The zero-order chi connectivity index (χ0) is 14.0. The molecule has 19 heavy (non-hydrogen) atoms. The number of rotatable bonds is 4. The fourth-order valence-electron chi connectivity index (χ4n) is 2.31. The summed E-state index contributed by atoms with van der Waals surface area (Å²) in [7, 11) is 0. The summed E-state index contributed by atoms with van der Waals surface area (Å²) >= 11 is 0. The maximum absolute atomic E-state index is 12.2. The Bertz CT molecular complexity index is 455. The predicted molar refractivity (Wildman–Crippen MR) is 75.3 cm³/mol. The minimum atomic E-state index is -0.0955. The van der Waals surface area contributed by atoms with Crippen LogP contribution in [-0.2, 0) is 12.0 Å². The van der Waals surface area contributed by atoms with Crippen LogP contribution in [0.25, 0.3) is 0 Å². The fourth-order valence-corrected chi connectivity index (χ4v) is 2.31. The highest BCUT2D eigenvalue weighted by molar-refractivity contribution is 5.95. The van der Waals surface area contributed by atoms with E-state index >= 15 is 0 Å². The molecule has 5 nitrogen and oxygen atoms in total. The number of nitrogens with one attached hydrogen (secondary N) is 2. The summed E-state index contributed by atoms with van der Waals surface area (Å²) in [5, 5.41) is 10.6. The molecule has 1 fully saturated rings. The van der Waals surface area contributed by atoms with Crippen molar-refractivity contribution >= 4 is 5.91 Å². The molecule has 1 aliphatic rings. The minimum Gasteiger partial charge on any atom is -0.352 e. The number of amides is 1. The van der Waals surface area contributed by atoms with E-state index in [1.54, 1.807) is 6.20 Å². The van der Waals surface area contributed by atoms with Gasteiger partial charge in [-0.25, -0.2) is 0 Å². The second-order valence-electron chi connectivity index (χ2n) is 6.18. The molecule has 106 valence electrons. The van der Waals surface area contributed by atoms with Gasteiger partial charge >= 0.3 is 0 Å². The molecular formula is C14H24N4O. The summed E-state index contributed by atoms with van der Waals surface area (Å²) in [5.41, 5.74) is 1.63. The minimum absolute atomic E-state index is 0.000694. The first-order chi connectivity index (χ1) is 8.93. The number of aromatic nitrogens is 2. The maximum atomic E-state index is 12.2. The van der Waals surface area contributed by atoms with E-state index in [-0.39, 0.29) is 11.4 Å². The van der Waals surface area contributed by atoms with Crippen molar-refractivity contribution in [3.63, 3.8) is 0 Å². The van der Waals surface area contributed by atoms with E-state index in [0.717, 1.165) is 31.7 Å². The molecule has 1 aromatic heterocycles. The molecule has 2 N–H and O–H groups in total. The van der Waals surface area contributed by atoms with E-state index in [0.29, 0.717) is 11.5 Å². The van der Waals surface area contributed by atoms with Gasteiger partial charge in [-0.2, -0.15) is 5.10 Å². The van der Waals surface area contributed by atoms with Crippen LogP contribution in [0.15, 0.2) is 6.20 Å². The van der Waals surface area contributed by atoms with Crippen LogP contribution in [0.2, 0.25) is 0 Å². The van der Waals surface area contributed by atoms with E-state index in [1.807, 2.05) is 4.68 Å². The first kappa shape index (κ1) is 14.1. The van der Waals surface area contributed by atoms with Crippen molar-refractivity contribution < 1.29 is 4.79 Å². The average Bonchev–Trinajstić information content (AvgIpc) is 2.69. The molecule has 0 aliphatic carbocycles. The topological polar surface area (TPSA) is 59.0 Å². The van der Waals surface area contributed by atoms with Crippen molar-refractivity contribution in [2.45, 2.75) is 39.7 Å². The van der Waals surface area contributed by atoms with E-state index in [9.17, 15) is 4.79 Å². The lowest BCUT2D eigenvalue weighted by atomic mass is 10.0. The molecule has 1 amide bonds. The summed E-state index contributed by atoms with van der Waals surface area (Å²) in [4.78, 5) is 12.2. The second kappa shape index (κ2) is 5.33. The van der Waals surface area contributed by atoms with Gasteiger partial charge in [-0.05, 0) is 27.2 Å². The monoisotopic (exact) mass is 264 g/mol. The van der Waals surface area contributed by atoms with Crippen molar-refractivity contribution in [2.24, 2.45) is 5.92 Å². The summed E-state index contributed by atoms with van der Waals surface area (Å²) in [6.07, 6.45) is 2.50. The van der Waals surface area contributed by atoms with Crippen molar-refractivity contribution in [1.29, 1.82) is 0 Å². The standard InChI is InChI=1S/C14H24N4O/c1-5-12-11(9-17-18(12)14(2,3)4)13(19)16-8-10-6-15-7-10/h9-10,15H,5-8H2,1-4H3,(H,16,19). The Morgan fingerprint density at radius 3 is 2.68 bits per heavy atom. The van der Waals surface area contributed by atoms with Gasteiger partial charge in [0.2, 0.25) is 0 Å². The Morgan fingerprint density at radius 2 is 2.21 bits per heavy atom. The normalized spacial score (nSPS) is 16.2. The summed E-state index contributed by atoms with van der Waals surface area (Å²) in [6, 6.07) is 0. The summed E-state index contributed by atoms with van der Waals surface area (Å²) < 4.78 is 1.95. The van der Waals surface area contributed by atoms with Crippen molar-refractivity contribution in [3.05, 3.63) is 17.5 Å². The van der Waals surface area contributed by atoms with Gasteiger partial charge in [0.05, 0.1) is 23.0 Å². The van der Waals surface area contributed by atoms with Gasteiger partial charge in [-0.3, -0.25) is 9.48 Å². The second-order valence-corrected chi connectivity index (χ2v) is 6.18. The van der Waals surface area contributed by atoms with Crippen molar-refractivity contribution in [1.82, 2.24) is 20.4 Å². The molecule has 2 heterocycles. The Morgan fingerprint density at radius 1 is 1.53 bits per heavy atom. The summed E-state index contributed by atoms with van der Waals surface area (Å²) in [5.74, 6) is 0.575. The van der Waals surface area contributed by atoms with E-state index in [1.165, 1.54) is 0 Å². The smallest absolute Gasteiger partial charge is 0.254 e. The van der Waals surface area contributed by atoms with Crippen molar-refractivity contribution in [2.75, 3.05) is 19.6 Å². The highest BCUT2D eigenvalue weighted by Crippen LogP contribution is 2.19. The Balaban J connectivity index is 2.10. The average molecular weight is 264 g/mol. The van der Waals surface area contributed by atoms with E-state index < -0.39 is 0 Å². The lowest BCUT2D eigenvalue weighted by Crippen LogP contribution is -2.48. The van der Waals surface area contributed by atoms with Crippen LogP contribution in [0, 0.1) is 5.92 Å². The quantitative estimate of drug-likeness (QED) is 0.857. The lowest BCUT2D eigenvalue weighted by molar-refractivity contribution is 0.0941. The fraction of sp³-hybridized carbons (Fsp3) is 0.714. The molecule has 1 saturated heterocycles. The Labute approximate surface area is 114 Å². The molecule has 0 atom stereocenters. The largest absolute Gasteiger partial charge is 0.352 e. The van der Waals surface area contributed by atoms with Gasteiger partial charge in [0.1, 0.15) is 0 Å². The highest BCUT2D eigenvalue weighted by atomic mass is 16.1. The summed E-state index contributed by atoms with van der Waals surface area (Å²) in [6.45, 7) is 11.1. The molecule has 1 aromatic rings. The molecule has 5 heteroatoms. The van der Waals surface area contributed by atoms with Crippen LogP contribution >= 0.6 is 0 Å². The molecule has 0 unspecified atom stereocenters. The van der Waals surface area contributed by atoms with Crippen LogP contribution in [0.1, 0.15) is 43.7 Å². The van der Waals surface area contributed by atoms with E-state index in [2.05, 4.69) is 43.4 Å². The molecule has 0 spiro atoms. The number of hydrogen-bond acceptors (Lipinski definition) is 3. The molecule has 0 radical (unpaired) electrons. The zero-order valence-electron chi connectivity index (χ0n) is 12.3. The van der Waals surface area contributed by atoms with Crippen molar-refractivity contribution in [3.8, 4) is 0 Å². The highest BCUT2D eigenvalue weighted by Gasteiger charge is 2.24. The molecule has 2 rings (SSSR count). The first-order valence-electron chi connectivity index (χ1n) is 6.99. The van der Waals surface area contributed by atoms with Crippen LogP contribution in [-0.4, -0.2) is 35.3 Å². The van der Waals surface area contributed by atoms with Crippen LogP contribution < -0.4 is 10.6 Å². The maximum Gasteiger partial charge on any atom is 0.254 e. The zero-order valence-corrected chi connectivity index (χ0v) is 12.3. The van der Waals surface area contributed by atoms with Gasteiger partial charge in [-0.1, -0.05) is 6.92 Å². The van der Waals surface area contributed by atoms with Gasteiger partial charge in [-0.15, -0.1) is 0 Å². The SMILES string of the molecule is CCc1c(C(=O)NCC2CNC2)cnn1C(C)(C)C. The molecular weight excluding hydrogens is 240 g/mol. The molecule has 1 aliphatic heterocycles. The van der Waals surface area contributed by atoms with E-state index in [4.69, 9.17) is 0 Å². The van der Waals surface area contributed by atoms with Crippen LogP contribution in [0.4, 0.5) is 0 Å². The number of hydrogen-bond donors (Lipinski definition) is 2. The van der Waals surface area contributed by atoms with Crippen LogP contribution in [0.3, 0.4) is 0 Å². The number of carbonyl (C=O) groups is 1. The first-order valence-corrected chi connectivity index (χ1v) is 6.99. The van der Waals surface area contributed by atoms with Crippen LogP contribution in [0.5, 0.6) is 0 Å². The lowest BCUT2D eigenvalue weighted by Gasteiger charge is -2.27. The third-order valence-corrected chi connectivity index (χ3v) is 3.50. The number of carbonyl (C=O) groups excluding carboxylic acids is 1. The Kier molecular flexibility index (Phi) is 3.94. The van der Waals surface area contributed by atoms with Gasteiger partial charge in [0.15, 0.2) is 0 Å². The Hall–Kier alpha value is -1.36. The van der Waals surface area contributed by atoms with Gasteiger partial charge in [0.25, 0.3) is 5.91 Å². The molecule has 0 bridgehead atoms. The molecule has 0 saturated carbocycles. The third-order valence-electron chi connectivity index (χ3n) is 3.50. The third kappa shape index (κ3) is 2.97. The predicted octanol–water partition coefficient (Wildman–Crippen LogP) is 1.15. The number of nitrogens with zero attached hydrogens (tertiary/aromatic N) is 2. The van der Waals surface area contributed by atoms with Gasteiger partial charge in [0, 0.05) is 25.6 Å².